The van der Waals surface area contributed by atoms with Crippen LogP contribution in [-0.2, 0) is 19.5 Å². The second kappa shape index (κ2) is 5.13. The first kappa shape index (κ1) is 12.4. The van der Waals surface area contributed by atoms with Gasteiger partial charge in [0.05, 0.1) is 5.69 Å². The van der Waals surface area contributed by atoms with E-state index in [-0.39, 0.29) is 5.82 Å². The van der Waals surface area contributed by atoms with Crippen LogP contribution >= 0.6 is 0 Å². The Hall–Kier alpha value is -1.68. The number of imidazole rings is 1. The Kier molecular flexibility index (Phi) is 3.34. The third-order valence-electron chi connectivity index (χ3n) is 3.65. The highest BCUT2D eigenvalue weighted by atomic mass is 19.1. The molecule has 0 bridgehead atoms. The van der Waals surface area contributed by atoms with Crippen LogP contribution < -0.4 is 5.32 Å². The molecule has 4 heteroatoms. The fraction of sp³-hybridized carbons (Fsp3) is 0.400. The Morgan fingerprint density at radius 3 is 2.79 bits per heavy atom. The summed E-state index contributed by atoms with van der Waals surface area (Å²) in [5, 5.41) is 3.17. The molecule has 2 aromatic rings. The maximum Gasteiger partial charge on any atom is 0.140 e. The molecule has 0 fully saturated rings. The highest BCUT2D eigenvalue weighted by Gasteiger charge is 2.20. The monoisotopic (exact) mass is 259 g/mol. The topological polar surface area (TPSA) is 29.9 Å². The van der Waals surface area contributed by atoms with Crippen molar-refractivity contribution in [3.05, 3.63) is 41.5 Å². The van der Waals surface area contributed by atoms with Crippen LogP contribution in [0.3, 0.4) is 0 Å². The number of halogens is 1. The molecular formula is C15H18FN3. The van der Waals surface area contributed by atoms with Gasteiger partial charge in [0.25, 0.3) is 0 Å². The van der Waals surface area contributed by atoms with Gasteiger partial charge in [-0.2, -0.15) is 0 Å². The molecule has 0 unspecified atom stereocenters. The quantitative estimate of drug-likeness (QED) is 0.918. The Labute approximate surface area is 112 Å². The summed E-state index contributed by atoms with van der Waals surface area (Å²) < 4.78 is 15.3. The largest absolute Gasteiger partial charge is 0.328 e. The van der Waals surface area contributed by atoms with E-state index in [9.17, 15) is 4.39 Å². The second-order valence-corrected chi connectivity index (χ2v) is 4.97. The summed E-state index contributed by atoms with van der Waals surface area (Å²) in [7, 11) is 1.94. The van der Waals surface area contributed by atoms with Gasteiger partial charge in [0.2, 0.25) is 0 Å². The predicted molar refractivity (Wildman–Crippen MR) is 73.3 cm³/mol. The molecule has 1 aliphatic heterocycles. The van der Waals surface area contributed by atoms with E-state index in [1.165, 1.54) is 30.7 Å². The summed E-state index contributed by atoms with van der Waals surface area (Å²) >= 11 is 0. The van der Waals surface area contributed by atoms with Gasteiger partial charge in [0.15, 0.2) is 0 Å². The van der Waals surface area contributed by atoms with Gasteiger partial charge in [-0.15, -0.1) is 0 Å². The number of nitrogens with zero attached hydrogens (tertiary/aromatic N) is 2. The van der Waals surface area contributed by atoms with Crippen molar-refractivity contribution in [2.45, 2.75) is 32.4 Å². The lowest BCUT2D eigenvalue weighted by molar-refractivity contribution is 0.531. The van der Waals surface area contributed by atoms with E-state index in [1.807, 2.05) is 19.2 Å². The van der Waals surface area contributed by atoms with Crippen molar-refractivity contribution in [2.75, 3.05) is 7.05 Å². The molecule has 3 nitrogen and oxygen atoms in total. The molecule has 100 valence electrons. The summed E-state index contributed by atoms with van der Waals surface area (Å²) in [5.74, 6) is 0.768. The first-order valence-electron chi connectivity index (χ1n) is 6.78. The highest BCUT2D eigenvalue weighted by molar-refractivity contribution is 5.57. The van der Waals surface area contributed by atoms with Gasteiger partial charge < -0.3 is 9.88 Å². The minimum Gasteiger partial charge on any atom is -0.328 e. The Bertz CT molecular complexity index is 572. The summed E-state index contributed by atoms with van der Waals surface area (Å²) in [6.45, 7) is 1.80. The van der Waals surface area contributed by atoms with Crippen molar-refractivity contribution in [1.82, 2.24) is 14.9 Å². The van der Waals surface area contributed by atoms with Crippen LogP contribution in [0, 0.1) is 5.82 Å². The molecule has 1 N–H and O–H groups in total. The lowest BCUT2D eigenvalue weighted by atomic mass is 10.1. The molecule has 2 heterocycles. The number of fused-ring (bicyclic) bond motifs is 1. The molecule has 3 rings (SSSR count). The van der Waals surface area contributed by atoms with Crippen LogP contribution in [-0.4, -0.2) is 16.6 Å². The second-order valence-electron chi connectivity index (χ2n) is 4.97. The minimum atomic E-state index is -0.204. The molecule has 0 atom stereocenters. The molecule has 0 spiro atoms. The molecular weight excluding hydrogens is 241 g/mol. The zero-order valence-electron chi connectivity index (χ0n) is 11.1. The standard InChI is InChI=1S/C15H18FN3/c1-17-10-13-14-4-2-3-9-19(14)15(18-13)11-5-7-12(16)8-6-11/h5-8,17H,2-4,9-10H2,1H3. The van der Waals surface area contributed by atoms with Gasteiger partial charge in [-0.25, -0.2) is 9.37 Å². The van der Waals surface area contributed by atoms with E-state index in [1.54, 1.807) is 0 Å². The first-order chi connectivity index (χ1) is 9.29. The van der Waals surface area contributed by atoms with Gasteiger partial charge in [-0.3, -0.25) is 0 Å². The van der Waals surface area contributed by atoms with Crippen LogP contribution in [0.15, 0.2) is 24.3 Å². The zero-order chi connectivity index (χ0) is 13.2. The molecule has 1 aliphatic rings. The maximum absolute atomic E-state index is 13.0. The van der Waals surface area contributed by atoms with Gasteiger partial charge in [-0.1, -0.05) is 0 Å². The molecule has 1 aromatic carbocycles. The van der Waals surface area contributed by atoms with Crippen molar-refractivity contribution in [2.24, 2.45) is 0 Å². The van der Waals surface area contributed by atoms with Crippen molar-refractivity contribution in [3.8, 4) is 11.4 Å². The molecule has 0 saturated carbocycles. The maximum atomic E-state index is 13.0. The molecule has 1 aromatic heterocycles. The van der Waals surface area contributed by atoms with E-state index in [0.29, 0.717) is 0 Å². The molecule has 0 aliphatic carbocycles. The number of hydrogen-bond donors (Lipinski definition) is 1. The fourth-order valence-electron chi connectivity index (χ4n) is 2.75. The minimum absolute atomic E-state index is 0.204. The third-order valence-corrected chi connectivity index (χ3v) is 3.65. The number of nitrogens with one attached hydrogen (secondary N) is 1. The first-order valence-corrected chi connectivity index (χ1v) is 6.78. The molecule has 0 radical (unpaired) electrons. The normalized spacial score (nSPS) is 14.4. The Balaban J connectivity index is 2.07. The van der Waals surface area contributed by atoms with Crippen molar-refractivity contribution < 1.29 is 4.39 Å². The van der Waals surface area contributed by atoms with Gasteiger partial charge in [-0.05, 0) is 50.6 Å². The van der Waals surface area contributed by atoms with E-state index >= 15 is 0 Å². The number of hydrogen-bond acceptors (Lipinski definition) is 2. The average Bonchev–Trinajstić information content (AvgIpc) is 2.80. The van der Waals surface area contributed by atoms with Crippen LogP contribution in [0.4, 0.5) is 4.39 Å². The predicted octanol–water partition coefficient (Wildman–Crippen LogP) is 2.74. The SMILES string of the molecule is CNCc1nc(-c2ccc(F)cc2)n2c1CCCC2. The van der Waals surface area contributed by atoms with Gasteiger partial charge in [0, 0.05) is 24.3 Å². The molecule has 0 saturated heterocycles. The molecule has 19 heavy (non-hydrogen) atoms. The lowest BCUT2D eigenvalue weighted by Crippen LogP contribution is -2.14. The van der Waals surface area contributed by atoms with Crippen LogP contribution in [0.5, 0.6) is 0 Å². The fourth-order valence-corrected chi connectivity index (χ4v) is 2.75. The van der Waals surface area contributed by atoms with E-state index in [2.05, 4.69) is 9.88 Å². The van der Waals surface area contributed by atoms with Crippen LogP contribution in [0.2, 0.25) is 0 Å². The van der Waals surface area contributed by atoms with E-state index in [4.69, 9.17) is 4.98 Å². The van der Waals surface area contributed by atoms with E-state index < -0.39 is 0 Å². The Morgan fingerprint density at radius 1 is 1.26 bits per heavy atom. The van der Waals surface area contributed by atoms with Gasteiger partial charge >= 0.3 is 0 Å². The summed E-state index contributed by atoms with van der Waals surface area (Å²) in [4.78, 5) is 4.76. The van der Waals surface area contributed by atoms with Crippen LogP contribution in [0.1, 0.15) is 24.2 Å². The van der Waals surface area contributed by atoms with E-state index in [0.717, 1.165) is 36.6 Å². The summed E-state index contributed by atoms with van der Waals surface area (Å²) in [6, 6.07) is 6.61. The van der Waals surface area contributed by atoms with Crippen LogP contribution in [0.25, 0.3) is 11.4 Å². The zero-order valence-corrected chi connectivity index (χ0v) is 11.1. The number of benzene rings is 1. The smallest absolute Gasteiger partial charge is 0.140 e. The number of rotatable bonds is 3. The Morgan fingerprint density at radius 2 is 2.05 bits per heavy atom. The van der Waals surface area contributed by atoms with Crippen molar-refractivity contribution in [3.63, 3.8) is 0 Å². The summed E-state index contributed by atoms with van der Waals surface area (Å²) in [6.07, 6.45) is 3.51. The summed E-state index contributed by atoms with van der Waals surface area (Å²) in [5.41, 5.74) is 3.45. The van der Waals surface area contributed by atoms with Crippen molar-refractivity contribution >= 4 is 0 Å². The highest BCUT2D eigenvalue weighted by Crippen LogP contribution is 2.27. The third kappa shape index (κ3) is 2.28. The average molecular weight is 259 g/mol. The van der Waals surface area contributed by atoms with Crippen molar-refractivity contribution in [1.29, 1.82) is 0 Å². The number of aromatic nitrogens is 2. The van der Waals surface area contributed by atoms with Gasteiger partial charge in [0.1, 0.15) is 11.6 Å². The molecule has 0 amide bonds. The lowest BCUT2D eigenvalue weighted by Gasteiger charge is -2.17.